The van der Waals surface area contributed by atoms with E-state index in [0.29, 0.717) is 4.88 Å². The van der Waals surface area contributed by atoms with E-state index < -0.39 is 0 Å². The number of rotatable bonds is 4. The Bertz CT molecular complexity index is 671. The molecule has 0 saturated carbocycles. The summed E-state index contributed by atoms with van der Waals surface area (Å²) >= 11 is 4.77. The third-order valence-electron chi connectivity index (χ3n) is 3.09. The minimum absolute atomic E-state index is 0.243. The normalized spacial score (nSPS) is 10.5. The van der Waals surface area contributed by atoms with E-state index in [1.807, 2.05) is 44.0 Å². The molecule has 5 nitrogen and oxygen atoms in total. The lowest BCUT2D eigenvalue weighted by atomic mass is 10.2. The van der Waals surface area contributed by atoms with Gasteiger partial charge in [-0.15, -0.1) is 0 Å². The van der Waals surface area contributed by atoms with Crippen LogP contribution in [-0.2, 0) is 0 Å². The molecule has 7 heteroatoms. The van der Waals surface area contributed by atoms with Crippen LogP contribution in [-0.4, -0.2) is 24.5 Å². The molecule has 1 amide bonds. The van der Waals surface area contributed by atoms with Gasteiger partial charge in [-0.2, -0.15) is 0 Å². The lowest BCUT2D eigenvalue weighted by molar-refractivity contribution is 0.103. The van der Waals surface area contributed by atoms with Gasteiger partial charge < -0.3 is 16.0 Å². The quantitative estimate of drug-likeness (QED) is 0.865. The Hall–Kier alpha value is -1.60. The summed E-state index contributed by atoms with van der Waals surface area (Å²) in [5.74, 6) is 0.0172. The number of nitrogens with two attached hydrogens (primary N) is 1. The molecule has 3 N–H and O–H groups in total. The summed E-state index contributed by atoms with van der Waals surface area (Å²) < 4.78 is 0.868. The maximum atomic E-state index is 12.4. The number of amides is 1. The Morgan fingerprint density at radius 3 is 2.90 bits per heavy atom. The van der Waals surface area contributed by atoms with Crippen molar-refractivity contribution in [2.45, 2.75) is 13.8 Å². The van der Waals surface area contributed by atoms with Gasteiger partial charge in [0.25, 0.3) is 5.91 Å². The van der Waals surface area contributed by atoms with Crippen molar-refractivity contribution in [1.29, 1.82) is 0 Å². The van der Waals surface area contributed by atoms with Gasteiger partial charge in [0, 0.05) is 18.1 Å². The van der Waals surface area contributed by atoms with Crippen LogP contribution >= 0.6 is 27.3 Å². The number of hydrogen-bond donors (Lipinski definition) is 2. The van der Waals surface area contributed by atoms with Crippen LogP contribution in [0.3, 0.4) is 0 Å². The molecule has 0 atom stereocenters. The average molecular weight is 369 g/mol. The first kappa shape index (κ1) is 15.8. The third kappa shape index (κ3) is 3.36. The van der Waals surface area contributed by atoms with E-state index in [-0.39, 0.29) is 11.7 Å². The van der Waals surface area contributed by atoms with Crippen LogP contribution in [0.25, 0.3) is 0 Å². The smallest absolute Gasteiger partial charge is 0.269 e. The summed E-state index contributed by atoms with van der Waals surface area (Å²) in [5, 5.41) is 3.60. The highest BCUT2D eigenvalue weighted by Crippen LogP contribution is 2.30. The zero-order chi connectivity index (χ0) is 15.6. The van der Waals surface area contributed by atoms with Crippen molar-refractivity contribution in [3.63, 3.8) is 0 Å². The summed E-state index contributed by atoms with van der Waals surface area (Å²) in [7, 11) is 1.91. The van der Waals surface area contributed by atoms with Gasteiger partial charge in [0.2, 0.25) is 0 Å². The SMILES string of the molecule is CCN(C)c1nc(N)c(C(=O)Nc2cccc(C)c2Br)s1. The number of nitrogen functional groups attached to an aromatic ring is 1. The molecule has 0 unspecified atom stereocenters. The third-order valence-corrected chi connectivity index (χ3v) is 5.33. The second kappa shape index (κ2) is 6.44. The Balaban J connectivity index is 2.25. The molecule has 21 heavy (non-hydrogen) atoms. The number of hydrogen-bond acceptors (Lipinski definition) is 5. The van der Waals surface area contributed by atoms with Crippen LogP contribution in [0.1, 0.15) is 22.2 Å². The second-order valence-electron chi connectivity index (χ2n) is 4.62. The number of benzene rings is 1. The minimum Gasteiger partial charge on any atom is -0.382 e. The van der Waals surface area contributed by atoms with E-state index in [1.165, 1.54) is 11.3 Å². The van der Waals surface area contributed by atoms with Crippen molar-refractivity contribution in [1.82, 2.24) is 4.98 Å². The van der Waals surface area contributed by atoms with Gasteiger partial charge >= 0.3 is 0 Å². The maximum absolute atomic E-state index is 12.4. The molecule has 0 bridgehead atoms. The number of thiazole rings is 1. The van der Waals surface area contributed by atoms with E-state index in [2.05, 4.69) is 26.2 Å². The van der Waals surface area contributed by atoms with Crippen LogP contribution in [0.4, 0.5) is 16.6 Å². The number of aryl methyl sites for hydroxylation is 1. The predicted molar refractivity (Wildman–Crippen MR) is 92.3 cm³/mol. The Kier molecular flexibility index (Phi) is 4.84. The van der Waals surface area contributed by atoms with Gasteiger partial charge in [-0.05, 0) is 41.4 Å². The van der Waals surface area contributed by atoms with E-state index in [9.17, 15) is 4.79 Å². The lowest BCUT2D eigenvalue weighted by Crippen LogP contribution is -2.15. The molecule has 2 aromatic rings. The first-order valence-corrected chi connectivity index (χ1v) is 8.08. The van der Waals surface area contributed by atoms with Crippen LogP contribution in [0.15, 0.2) is 22.7 Å². The standard InChI is InChI=1S/C14H17BrN4OS/c1-4-19(3)14-18-12(16)11(21-14)13(20)17-9-7-5-6-8(2)10(9)15/h5-7H,4,16H2,1-3H3,(H,17,20). The van der Waals surface area contributed by atoms with Gasteiger partial charge in [-0.1, -0.05) is 23.5 Å². The highest BCUT2D eigenvalue weighted by atomic mass is 79.9. The van der Waals surface area contributed by atoms with Gasteiger partial charge in [-0.3, -0.25) is 4.79 Å². The predicted octanol–water partition coefficient (Wildman–Crippen LogP) is 3.50. The second-order valence-corrected chi connectivity index (χ2v) is 6.39. The van der Waals surface area contributed by atoms with Gasteiger partial charge in [-0.25, -0.2) is 4.98 Å². The van der Waals surface area contributed by atoms with Crippen molar-refractivity contribution in [2.75, 3.05) is 29.5 Å². The Morgan fingerprint density at radius 2 is 2.24 bits per heavy atom. The van der Waals surface area contributed by atoms with Crippen LogP contribution in [0.5, 0.6) is 0 Å². The highest BCUT2D eigenvalue weighted by molar-refractivity contribution is 9.10. The lowest BCUT2D eigenvalue weighted by Gasteiger charge is -2.11. The van der Waals surface area contributed by atoms with E-state index in [4.69, 9.17) is 5.73 Å². The largest absolute Gasteiger partial charge is 0.382 e. The Labute approximate surface area is 136 Å². The van der Waals surface area contributed by atoms with E-state index in [1.54, 1.807) is 0 Å². The number of aromatic nitrogens is 1. The van der Waals surface area contributed by atoms with Crippen LogP contribution in [0.2, 0.25) is 0 Å². The number of halogens is 1. The first-order chi connectivity index (χ1) is 9.93. The molecule has 0 aliphatic rings. The van der Waals surface area contributed by atoms with Gasteiger partial charge in [0.1, 0.15) is 10.7 Å². The molecule has 0 spiro atoms. The monoisotopic (exact) mass is 368 g/mol. The average Bonchev–Trinajstić information content (AvgIpc) is 2.85. The number of anilines is 3. The summed E-state index contributed by atoms with van der Waals surface area (Å²) in [6.45, 7) is 4.79. The molecule has 0 radical (unpaired) electrons. The van der Waals surface area contributed by atoms with Gasteiger partial charge in [0.15, 0.2) is 5.13 Å². The minimum atomic E-state index is -0.243. The molecule has 0 aliphatic carbocycles. The van der Waals surface area contributed by atoms with E-state index >= 15 is 0 Å². The molecule has 1 aromatic heterocycles. The molecule has 0 saturated heterocycles. The molecule has 112 valence electrons. The van der Waals surface area contributed by atoms with Crippen molar-refractivity contribution in [3.8, 4) is 0 Å². The molecule has 0 fully saturated rings. The first-order valence-electron chi connectivity index (χ1n) is 6.48. The summed E-state index contributed by atoms with van der Waals surface area (Å²) in [5.41, 5.74) is 7.63. The molecule has 2 rings (SSSR count). The summed E-state index contributed by atoms with van der Waals surface area (Å²) in [6.07, 6.45) is 0. The van der Waals surface area contributed by atoms with Crippen molar-refractivity contribution in [2.24, 2.45) is 0 Å². The molecule has 0 aliphatic heterocycles. The highest BCUT2D eigenvalue weighted by Gasteiger charge is 2.18. The molecule has 1 heterocycles. The molecular weight excluding hydrogens is 352 g/mol. The van der Waals surface area contributed by atoms with Crippen LogP contribution in [0, 0.1) is 6.92 Å². The fraction of sp³-hybridized carbons (Fsp3) is 0.286. The zero-order valence-electron chi connectivity index (χ0n) is 12.1. The van der Waals surface area contributed by atoms with E-state index in [0.717, 1.165) is 27.4 Å². The number of carbonyl (C=O) groups is 1. The summed E-state index contributed by atoms with van der Waals surface area (Å²) in [6, 6.07) is 5.70. The fourth-order valence-electron chi connectivity index (χ4n) is 1.70. The molecular formula is C14H17BrN4OS. The van der Waals surface area contributed by atoms with Crippen LogP contribution < -0.4 is 16.0 Å². The fourth-order valence-corrected chi connectivity index (χ4v) is 2.97. The number of nitrogens with one attached hydrogen (secondary N) is 1. The topological polar surface area (TPSA) is 71.2 Å². The number of carbonyl (C=O) groups excluding carboxylic acids is 1. The zero-order valence-corrected chi connectivity index (χ0v) is 14.5. The Morgan fingerprint density at radius 1 is 1.52 bits per heavy atom. The molecule has 1 aromatic carbocycles. The summed E-state index contributed by atoms with van der Waals surface area (Å²) in [4.78, 5) is 19.0. The van der Waals surface area contributed by atoms with Crippen molar-refractivity contribution < 1.29 is 4.79 Å². The number of nitrogens with zero attached hydrogens (tertiary/aromatic N) is 2. The van der Waals surface area contributed by atoms with Gasteiger partial charge in [0.05, 0.1) is 5.69 Å². The van der Waals surface area contributed by atoms with Crippen molar-refractivity contribution >= 4 is 49.8 Å². The maximum Gasteiger partial charge on any atom is 0.269 e. The van der Waals surface area contributed by atoms with Crippen molar-refractivity contribution in [3.05, 3.63) is 33.1 Å².